The van der Waals surface area contributed by atoms with E-state index in [2.05, 4.69) is 76.5 Å². The van der Waals surface area contributed by atoms with E-state index in [1.54, 1.807) is 37.7 Å². The smallest absolute Gasteiger partial charge is 0.0451 e. The van der Waals surface area contributed by atoms with Crippen LogP contribution in [-0.4, -0.2) is 15.2 Å². The molecule has 1 aromatic rings. The maximum absolute atomic E-state index is 2.93. The highest BCUT2D eigenvalue weighted by Crippen LogP contribution is 2.67. The second-order valence-corrected chi connectivity index (χ2v) is 31.8. The van der Waals surface area contributed by atoms with Gasteiger partial charge >= 0.3 is 0 Å². The fourth-order valence-corrected chi connectivity index (χ4v) is 26.3. The van der Waals surface area contributed by atoms with Gasteiger partial charge < -0.3 is 0 Å². The van der Waals surface area contributed by atoms with Crippen molar-refractivity contribution in [3.63, 3.8) is 0 Å². The molecule has 10 unspecified atom stereocenters. The van der Waals surface area contributed by atoms with Crippen LogP contribution in [0.2, 0.25) is 37.3 Å². The van der Waals surface area contributed by atoms with E-state index in [0.29, 0.717) is 5.92 Å². The van der Waals surface area contributed by atoms with Crippen LogP contribution in [0.3, 0.4) is 0 Å². The van der Waals surface area contributed by atoms with Gasteiger partial charge in [0.05, 0.1) is 0 Å². The van der Waals surface area contributed by atoms with Crippen molar-refractivity contribution < 1.29 is 0 Å². The van der Waals surface area contributed by atoms with Crippen LogP contribution >= 0.6 is 0 Å². The van der Waals surface area contributed by atoms with E-state index in [-0.39, 0.29) is 0 Å². The standard InChI is InChI=1S/C35H56Si2/c1-7-8-12-25-17-19-28(22-25)36(3,4)37(5,6)35-24(2)21-32-33(35)23-27-14-11-16-30(27)34(32)31-20-18-26-13-9-10-15-29(26)31/h9-10,13,15,18,20,24-25,27-28,30-35H,7-8,11-12,14,16-17,19,21-23H2,1-6H3. The molecule has 0 spiro atoms. The first-order chi connectivity index (χ1) is 17.7. The molecule has 2 heteroatoms. The third-order valence-corrected chi connectivity index (χ3v) is 34.6. The van der Waals surface area contributed by atoms with Gasteiger partial charge in [-0.1, -0.05) is 128 Å². The Balaban J connectivity index is 1.29. The molecule has 0 radical (unpaired) electrons. The van der Waals surface area contributed by atoms with Crippen molar-refractivity contribution >= 4 is 21.3 Å². The average Bonchev–Trinajstić information content (AvgIpc) is 3.66. The molecule has 1 aromatic carbocycles. The number of benzene rings is 1. The lowest BCUT2D eigenvalue weighted by atomic mass is 9.59. The Hall–Kier alpha value is -0.606. The van der Waals surface area contributed by atoms with Crippen LogP contribution in [0, 0.1) is 41.4 Å². The molecule has 0 aliphatic heterocycles. The Morgan fingerprint density at radius 3 is 2.46 bits per heavy atom. The minimum Gasteiger partial charge on any atom is -0.0761 e. The number of hydrogen-bond donors (Lipinski definition) is 0. The Labute approximate surface area is 231 Å². The molecule has 0 saturated heterocycles. The lowest BCUT2D eigenvalue weighted by Crippen LogP contribution is -2.62. The van der Waals surface area contributed by atoms with E-state index >= 15 is 0 Å². The van der Waals surface area contributed by atoms with E-state index in [9.17, 15) is 0 Å². The lowest BCUT2D eigenvalue weighted by molar-refractivity contribution is 0.0625. The quantitative estimate of drug-likeness (QED) is 0.306. The summed E-state index contributed by atoms with van der Waals surface area (Å²) < 4.78 is 0. The zero-order valence-electron chi connectivity index (χ0n) is 25.0. The maximum Gasteiger partial charge on any atom is 0.0451 e. The molecule has 6 rings (SSSR count). The van der Waals surface area contributed by atoms with Crippen molar-refractivity contribution in [2.45, 2.75) is 128 Å². The first kappa shape index (κ1) is 26.6. The molecular weight excluding hydrogens is 477 g/mol. The third-order valence-electron chi connectivity index (χ3n) is 13.8. The largest absolute Gasteiger partial charge is 0.0761 e. The Bertz CT molecular complexity index is 991. The number of allylic oxidation sites excluding steroid dienone is 1. The Morgan fingerprint density at radius 2 is 1.65 bits per heavy atom. The van der Waals surface area contributed by atoms with Crippen LogP contribution in [0.1, 0.15) is 102 Å². The summed E-state index contributed by atoms with van der Waals surface area (Å²) in [7, 11) is -2.64. The van der Waals surface area contributed by atoms with Crippen LogP contribution in [-0.2, 0) is 0 Å². The van der Waals surface area contributed by atoms with E-state index in [0.717, 1.165) is 52.5 Å². The zero-order chi connectivity index (χ0) is 25.9. The summed E-state index contributed by atoms with van der Waals surface area (Å²) in [5.41, 5.74) is 5.39. The van der Waals surface area contributed by atoms with Crippen molar-refractivity contribution in [2.75, 3.05) is 0 Å². The molecule has 5 aliphatic rings. The summed E-state index contributed by atoms with van der Waals surface area (Å²) in [6.45, 7) is 16.8. The predicted molar refractivity (Wildman–Crippen MR) is 167 cm³/mol. The molecular formula is C35H56Si2. The average molecular weight is 533 g/mol. The van der Waals surface area contributed by atoms with Gasteiger partial charge in [-0.2, -0.15) is 0 Å². The molecule has 37 heavy (non-hydrogen) atoms. The minimum atomic E-state index is -1.36. The Kier molecular flexibility index (Phi) is 7.26. The normalized spacial score (nSPS) is 41.1. The fraction of sp³-hybridized carbons (Fsp3) is 0.771. The van der Waals surface area contributed by atoms with Crippen LogP contribution in [0.25, 0.3) is 6.08 Å². The van der Waals surface area contributed by atoms with Gasteiger partial charge in [-0.15, -0.1) is 0 Å². The topological polar surface area (TPSA) is 0 Å². The molecule has 5 aliphatic carbocycles. The third kappa shape index (κ3) is 4.34. The number of hydrogen-bond acceptors (Lipinski definition) is 0. The number of rotatable bonds is 7. The van der Waals surface area contributed by atoms with Gasteiger partial charge in [-0.3, -0.25) is 0 Å². The molecule has 0 aromatic heterocycles. The van der Waals surface area contributed by atoms with E-state index < -0.39 is 15.2 Å². The SMILES string of the molecule is CCCCC1CCC([Si](C)(C)[Si](C)(C)C2C(C)CC3C2CC2CCCC2C3C2C=Cc3ccccc32)C1. The van der Waals surface area contributed by atoms with Crippen molar-refractivity contribution in [3.05, 3.63) is 41.5 Å². The van der Waals surface area contributed by atoms with Gasteiger partial charge in [0.15, 0.2) is 0 Å². The maximum atomic E-state index is 2.93. The van der Waals surface area contributed by atoms with Crippen molar-refractivity contribution in [3.8, 4) is 0 Å². The zero-order valence-corrected chi connectivity index (χ0v) is 27.0. The van der Waals surface area contributed by atoms with Crippen LogP contribution in [0.5, 0.6) is 0 Å². The molecule has 10 atom stereocenters. The van der Waals surface area contributed by atoms with E-state index in [1.165, 1.54) is 44.1 Å². The molecule has 0 nitrogen and oxygen atoms in total. The van der Waals surface area contributed by atoms with Gasteiger partial charge in [-0.05, 0) is 82.9 Å². The summed E-state index contributed by atoms with van der Waals surface area (Å²) in [6, 6.07) is 9.41. The van der Waals surface area contributed by atoms with Crippen LogP contribution < -0.4 is 0 Å². The molecule has 4 fully saturated rings. The van der Waals surface area contributed by atoms with E-state index in [1.807, 2.05) is 0 Å². The number of unbranched alkanes of at least 4 members (excludes halogenated alkanes) is 1. The van der Waals surface area contributed by atoms with Gasteiger partial charge in [0.1, 0.15) is 0 Å². The highest BCUT2D eigenvalue weighted by Gasteiger charge is 2.62. The first-order valence-electron chi connectivity index (χ1n) is 16.5. The fourth-order valence-electron chi connectivity index (χ4n) is 11.6. The molecule has 0 N–H and O–H groups in total. The molecule has 0 heterocycles. The minimum absolute atomic E-state index is 0.699. The summed E-state index contributed by atoms with van der Waals surface area (Å²) >= 11 is 0. The lowest BCUT2D eigenvalue weighted by Gasteiger charge is -2.53. The number of fused-ring (bicyclic) bond motifs is 3. The van der Waals surface area contributed by atoms with Crippen LogP contribution in [0.15, 0.2) is 30.3 Å². The highest BCUT2D eigenvalue weighted by atomic mass is 29.3. The highest BCUT2D eigenvalue weighted by molar-refractivity contribution is 7.41. The second kappa shape index (κ2) is 10.1. The van der Waals surface area contributed by atoms with Crippen molar-refractivity contribution in [1.29, 1.82) is 0 Å². The van der Waals surface area contributed by atoms with Gasteiger partial charge in [0.2, 0.25) is 0 Å². The molecule has 204 valence electrons. The summed E-state index contributed by atoms with van der Waals surface area (Å²) in [5, 5.41) is 0. The van der Waals surface area contributed by atoms with Crippen molar-refractivity contribution in [2.24, 2.45) is 41.4 Å². The predicted octanol–water partition coefficient (Wildman–Crippen LogP) is 10.7. The van der Waals surface area contributed by atoms with Crippen molar-refractivity contribution in [1.82, 2.24) is 0 Å². The van der Waals surface area contributed by atoms with Crippen LogP contribution in [0.4, 0.5) is 0 Å². The molecule has 4 saturated carbocycles. The summed E-state index contributed by atoms with van der Waals surface area (Å²) in [4.78, 5) is 0. The second-order valence-electron chi connectivity index (χ2n) is 15.7. The molecule has 0 amide bonds. The first-order valence-corrected chi connectivity index (χ1v) is 23.7. The van der Waals surface area contributed by atoms with Gasteiger partial charge in [0.25, 0.3) is 0 Å². The molecule has 0 bridgehead atoms. The monoisotopic (exact) mass is 532 g/mol. The van der Waals surface area contributed by atoms with Gasteiger partial charge in [-0.25, -0.2) is 0 Å². The van der Waals surface area contributed by atoms with E-state index in [4.69, 9.17) is 0 Å². The Morgan fingerprint density at radius 1 is 0.838 bits per heavy atom. The summed E-state index contributed by atoms with van der Waals surface area (Å²) in [6.07, 6.45) is 21.9. The van der Waals surface area contributed by atoms with Gasteiger partial charge in [0, 0.05) is 21.1 Å². The summed E-state index contributed by atoms with van der Waals surface area (Å²) in [5.74, 6) is 7.68.